The van der Waals surface area contributed by atoms with Gasteiger partial charge in [0, 0.05) is 9.50 Å². The molecule has 0 spiro atoms. The molecule has 0 bridgehead atoms. The highest BCUT2D eigenvalue weighted by Crippen LogP contribution is 2.29. The third-order valence-electron chi connectivity index (χ3n) is 2.04. The molecule has 3 heteroatoms. The topological polar surface area (TPSA) is 20.2 Å². The highest BCUT2D eigenvalue weighted by molar-refractivity contribution is 9.10. The van der Waals surface area contributed by atoms with Crippen LogP contribution >= 0.6 is 27.5 Å². The van der Waals surface area contributed by atoms with E-state index in [2.05, 4.69) is 15.9 Å². The molecule has 0 radical (unpaired) electrons. The van der Waals surface area contributed by atoms with Crippen LogP contribution in [0.3, 0.4) is 0 Å². The lowest BCUT2D eigenvalue weighted by Crippen LogP contribution is -1.78. The van der Waals surface area contributed by atoms with Gasteiger partial charge in [-0.2, -0.15) is 0 Å². The van der Waals surface area contributed by atoms with Gasteiger partial charge in [0.2, 0.25) is 0 Å². The second kappa shape index (κ2) is 4.25. The number of halogens is 2. The van der Waals surface area contributed by atoms with E-state index in [0.717, 1.165) is 15.6 Å². The number of hydrogen-bond acceptors (Lipinski definition) is 1. The molecule has 15 heavy (non-hydrogen) atoms. The van der Waals surface area contributed by atoms with E-state index in [-0.39, 0.29) is 5.75 Å². The molecule has 1 nitrogen and oxygen atoms in total. The maximum Gasteiger partial charge on any atom is 0.117 e. The standard InChI is InChI=1S/C12H8BrClO/c13-10-4-9(6-12(15)7-10)8-2-1-3-11(14)5-8/h1-7,15H. The monoisotopic (exact) mass is 282 g/mol. The highest BCUT2D eigenvalue weighted by atomic mass is 79.9. The summed E-state index contributed by atoms with van der Waals surface area (Å²) in [7, 11) is 0. The molecular weight excluding hydrogens is 275 g/mol. The van der Waals surface area contributed by atoms with E-state index in [9.17, 15) is 5.11 Å². The molecule has 0 saturated heterocycles. The first-order chi connectivity index (χ1) is 7.15. The molecule has 1 N–H and O–H groups in total. The number of phenols is 1. The van der Waals surface area contributed by atoms with Gasteiger partial charge < -0.3 is 5.11 Å². The zero-order chi connectivity index (χ0) is 10.8. The predicted octanol–water partition coefficient (Wildman–Crippen LogP) is 4.48. The number of phenolic OH excluding ortho intramolecular Hbond substituents is 1. The SMILES string of the molecule is Oc1cc(Br)cc(-c2cccc(Cl)c2)c1. The highest BCUT2D eigenvalue weighted by Gasteiger charge is 2.01. The van der Waals surface area contributed by atoms with Gasteiger partial charge in [-0.15, -0.1) is 0 Å². The van der Waals surface area contributed by atoms with Gasteiger partial charge in [-0.25, -0.2) is 0 Å². The quantitative estimate of drug-likeness (QED) is 0.818. The van der Waals surface area contributed by atoms with Crippen LogP contribution in [-0.4, -0.2) is 5.11 Å². The van der Waals surface area contributed by atoms with Crippen molar-refractivity contribution < 1.29 is 5.11 Å². The minimum atomic E-state index is 0.236. The van der Waals surface area contributed by atoms with Crippen molar-refractivity contribution in [2.24, 2.45) is 0 Å². The largest absolute Gasteiger partial charge is 0.508 e. The summed E-state index contributed by atoms with van der Waals surface area (Å²) in [5.74, 6) is 0.236. The minimum absolute atomic E-state index is 0.236. The van der Waals surface area contributed by atoms with Crippen molar-refractivity contribution in [3.05, 3.63) is 52.0 Å². The van der Waals surface area contributed by atoms with Gasteiger partial charge in [0.25, 0.3) is 0 Å². The molecule has 0 amide bonds. The second-order valence-electron chi connectivity index (χ2n) is 3.21. The summed E-state index contributed by atoms with van der Waals surface area (Å²) in [4.78, 5) is 0. The zero-order valence-electron chi connectivity index (χ0n) is 7.74. The lowest BCUT2D eigenvalue weighted by Gasteiger charge is -2.04. The Morgan fingerprint density at radius 2 is 1.80 bits per heavy atom. The van der Waals surface area contributed by atoms with Crippen LogP contribution in [0.5, 0.6) is 5.75 Å². The van der Waals surface area contributed by atoms with Crippen molar-refractivity contribution in [3.63, 3.8) is 0 Å². The summed E-state index contributed by atoms with van der Waals surface area (Å²) < 4.78 is 0.845. The lowest BCUT2D eigenvalue weighted by molar-refractivity contribution is 0.475. The van der Waals surface area contributed by atoms with Crippen molar-refractivity contribution in [2.45, 2.75) is 0 Å². The van der Waals surface area contributed by atoms with Crippen LogP contribution in [0.2, 0.25) is 5.02 Å². The van der Waals surface area contributed by atoms with E-state index in [1.54, 1.807) is 12.1 Å². The van der Waals surface area contributed by atoms with Gasteiger partial charge >= 0.3 is 0 Å². The molecule has 0 aromatic heterocycles. The maximum atomic E-state index is 9.46. The molecule has 0 unspecified atom stereocenters. The first-order valence-electron chi connectivity index (χ1n) is 4.40. The van der Waals surface area contributed by atoms with Gasteiger partial charge in [0.15, 0.2) is 0 Å². The fourth-order valence-electron chi connectivity index (χ4n) is 1.41. The van der Waals surface area contributed by atoms with Gasteiger partial charge in [-0.1, -0.05) is 39.7 Å². The van der Waals surface area contributed by atoms with Crippen LogP contribution < -0.4 is 0 Å². The van der Waals surface area contributed by atoms with Crippen LogP contribution in [0, 0.1) is 0 Å². The van der Waals surface area contributed by atoms with E-state index >= 15 is 0 Å². The van der Waals surface area contributed by atoms with E-state index < -0.39 is 0 Å². The van der Waals surface area contributed by atoms with E-state index in [1.165, 1.54) is 0 Å². The molecule has 2 aromatic rings. The first kappa shape index (κ1) is 10.5. The predicted molar refractivity (Wildman–Crippen MR) is 66.3 cm³/mol. The molecule has 76 valence electrons. The Balaban J connectivity index is 2.54. The molecule has 0 atom stereocenters. The Morgan fingerprint density at radius 1 is 1.00 bits per heavy atom. The van der Waals surface area contributed by atoms with Gasteiger partial charge in [0.05, 0.1) is 0 Å². The van der Waals surface area contributed by atoms with Crippen LogP contribution in [0.4, 0.5) is 0 Å². The van der Waals surface area contributed by atoms with Crippen molar-refractivity contribution in [1.29, 1.82) is 0 Å². The molecular formula is C12H8BrClO. The summed E-state index contributed by atoms with van der Waals surface area (Å²) in [6, 6.07) is 12.8. The Morgan fingerprint density at radius 3 is 2.47 bits per heavy atom. The van der Waals surface area contributed by atoms with Crippen molar-refractivity contribution in [1.82, 2.24) is 0 Å². The van der Waals surface area contributed by atoms with Crippen molar-refractivity contribution in [2.75, 3.05) is 0 Å². The summed E-state index contributed by atoms with van der Waals surface area (Å²) in [5.41, 5.74) is 1.92. The molecule has 0 heterocycles. The average molecular weight is 284 g/mol. The summed E-state index contributed by atoms with van der Waals surface area (Å²) in [5, 5.41) is 10.1. The molecule has 2 aromatic carbocycles. The zero-order valence-corrected chi connectivity index (χ0v) is 10.1. The second-order valence-corrected chi connectivity index (χ2v) is 4.56. The van der Waals surface area contributed by atoms with Crippen molar-refractivity contribution >= 4 is 27.5 Å². The number of benzene rings is 2. The molecule has 0 aliphatic heterocycles. The Kier molecular flexibility index (Phi) is 2.98. The lowest BCUT2D eigenvalue weighted by atomic mass is 10.1. The molecule has 0 fully saturated rings. The molecule has 0 aliphatic rings. The van der Waals surface area contributed by atoms with Gasteiger partial charge in [-0.3, -0.25) is 0 Å². The number of hydrogen-bond donors (Lipinski definition) is 1. The Hall–Kier alpha value is -0.990. The van der Waals surface area contributed by atoms with Gasteiger partial charge in [0.1, 0.15) is 5.75 Å². The maximum absolute atomic E-state index is 9.46. The number of aromatic hydroxyl groups is 1. The minimum Gasteiger partial charge on any atom is -0.508 e. The third kappa shape index (κ3) is 2.52. The average Bonchev–Trinajstić information content (AvgIpc) is 2.16. The number of rotatable bonds is 1. The van der Waals surface area contributed by atoms with Crippen LogP contribution in [0.15, 0.2) is 46.9 Å². The van der Waals surface area contributed by atoms with E-state index in [4.69, 9.17) is 11.6 Å². The fourth-order valence-corrected chi connectivity index (χ4v) is 2.08. The fraction of sp³-hybridized carbons (Fsp3) is 0. The first-order valence-corrected chi connectivity index (χ1v) is 5.58. The van der Waals surface area contributed by atoms with Crippen LogP contribution in [-0.2, 0) is 0 Å². The van der Waals surface area contributed by atoms with Crippen molar-refractivity contribution in [3.8, 4) is 16.9 Å². The summed E-state index contributed by atoms with van der Waals surface area (Å²) in [6.45, 7) is 0. The smallest absolute Gasteiger partial charge is 0.117 e. The van der Waals surface area contributed by atoms with E-state index in [0.29, 0.717) is 5.02 Å². The molecule has 0 saturated carbocycles. The van der Waals surface area contributed by atoms with Crippen LogP contribution in [0.25, 0.3) is 11.1 Å². The Bertz CT molecular complexity index is 476. The normalized spacial score (nSPS) is 10.3. The Labute approximate surface area is 101 Å². The molecule has 2 rings (SSSR count). The molecule has 0 aliphatic carbocycles. The third-order valence-corrected chi connectivity index (χ3v) is 2.73. The summed E-state index contributed by atoms with van der Waals surface area (Å²) in [6.07, 6.45) is 0. The van der Waals surface area contributed by atoms with Gasteiger partial charge in [-0.05, 0) is 41.5 Å². The van der Waals surface area contributed by atoms with E-state index in [1.807, 2.05) is 30.3 Å². The van der Waals surface area contributed by atoms with Crippen LogP contribution in [0.1, 0.15) is 0 Å². The summed E-state index contributed by atoms with van der Waals surface area (Å²) >= 11 is 9.24.